The first kappa shape index (κ1) is 17.6. The summed E-state index contributed by atoms with van der Waals surface area (Å²) in [4.78, 5) is 26.6. The highest BCUT2D eigenvalue weighted by atomic mass is 32.2. The molecule has 2 unspecified atom stereocenters. The zero-order valence-electron chi connectivity index (χ0n) is 13.7. The Morgan fingerprint density at radius 2 is 2.38 bits per heavy atom. The van der Waals surface area contributed by atoms with Crippen LogP contribution in [0.4, 0.5) is 0 Å². The van der Waals surface area contributed by atoms with Crippen LogP contribution in [-0.4, -0.2) is 62.0 Å². The van der Waals surface area contributed by atoms with E-state index in [1.165, 1.54) is 29.9 Å². The number of nitrogens with two attached hydrogens (primary N) is 1. The Morgan fingerprint density at radius 1 is 1.62 bits per heavy atom. The van der Waals surface area contributed by atoms with Crippen LogP contribution in [0.2, 0.25) is 0 Å². The maximum absolute atomic E-state index is 12.9. The van der Waals surface area contributed by atoms with E-state index in [1.807, 2.05) is 20.8 Å². The van der Waals surface area contributed by atoms with E-state index in [0.29, 0.717) is 23.3 Å². The van der Waals surface area contributed by atoms with E-state index >= 15 is 0 Å². The van der Waals surface area contributed by atoms with Gasteiger partial charge in [0.25, 0.3) is 5.22 Å². The number of hydrogen-bond acceptors (Lipinski definition) is 9. The highest BCUT2D eigenvalue weighted by molar-refractivity contribution is 8.00. The molecule has 1 aromatic rings. The predicted octanol–water partition coefficient (Wildman–Crippen LogP) is 0.732. The lowest BCUT2D eigenvalue weighted by atomic mass is 9.89. The third-order valence-corrected chi connectivity index (χ3v) is 6.56. The monoisotopic (exact) mass is 372 g/mol. The van der Waals surface area contributed by atoms with Gasteiger partial charge in [0.1, 0.15) is 22.4 Å². The van der Waals surface area contributed by atoms with Crippen LogP contribution in [-0.2, 0) is 14.3 Å². The van der Waals surface area contributed by atoms with Crippen molar-refractivity contribution in [3.8, 4) is 0 Å². The first-order chi connectivity index (χ1) is 11.2. The molecule has 1 amide bonds. The van der Waals surface area contributed by atoms with E-state index in [-0.39, 0.29) is 17.3 Å². The molecule has 2 saturated heterocycles. The zero-order chi connectivity index (χ0) is 17.5. The van der Waals surface area contributed by atoms with Crippen molar-refractivity contribution in [2.75, 3.05) is 18.1 Å². The zero-order valence-corrected chi connectivity index (χ0v) is 15.4. The molecule has 8 nitrogen and oxygen atoms in total. The molecular weight excluding hydrogens is 352 g/mol. The minimum atomic E-state index is -0.830. The number of amides is 1. The number of nitrogens with zero attached hydrogens (tertiary/aromatic N) is 3. The molecule has 132 valence electrons. The Balaban J connectivity index is 1.78. The minimum absolute atomic E-state index is 0.0542. The van der Waals surface area contributed by atoms with Crippen molar-refractivity contribution < 1.29 is 18.7 Å². The summed E-state index contributed by atoms with van der Waals surface area (Å²) in [6.45, 7) is 5.78. The summed E-state index contributed by atoms with van der Waals surface area (Å²) in [6.07, 6.45) is 1.24. The highest BCUT2D eigenvalue weighted by Gasteiger charge is 2.56. The number of rotatable bonds is 4. The van der Waals surface area contributed by atoms with Crippen LogP contribution >= 0.6 is 23.5 Å². The van der Waals surface area contributed by atoms with Gasteiger partial charge in [-0.1, -0.05) is 11.8 Å². The summed E-state index contributed by atoms with van der Waals surface area (Å²) < 4.78 is 10.8. The van der Waals surface area contributed by atoms with Crippen LogP contribution in [0.5, 0.6) is 0 Å². The van der Waals surface area contributed by atoms with Gasteiger partial charge in [-0.3, -0.25) is 9.59 Å². The average Bonchev–Trinajstić information content (AvgIpc) is 3.03. The maximum atomic E-state index is 12.9. The molecule has 1 aromatic heterocycles. The molecule has 0 aliphatic carbocycles. The van der Waals surface area contributed by atoms with E-state index in [0.717, 1.165) is 0 Å². The van der Waals surface area contributed by atoms with E-state index in [4.69, 9.17) is 14.9 Å². The van der Waals surface area contributed by atoms with E-state index in [2.05, 4.69) is 10.2 Å². The Bertz CT molecular complexity index is 633. The summed E-state index contributed by atoms with van der Waals surface area (Å²) >= 11 is 2.82. The molecule has 10 heteroatoms. The van der Waals surface area contributed by atoms with Crippen LogP contribution in [0.25, 0.3) is 0 Å². The molecule has 2 aliphatic rings. The van der Waals surface area contributed by atoms with Gasteiger partial charge in [0, 0.05) is 18.1 Å². The largest absolute Gasteiger partial charge is 0.459 e. The Morgan fingerprint density at radius 3 is 3.00 bits per heavy atom. The Kier molecular flexibility index (Phi) is 4.56. The molecule has 0 radical (unpaired) electrons. The molecule has 0 bridgehead atoms. The van der Waals surface area contributed by atoms with E-state index < -0.39 is 17.1 Å². The lowest BCUT2D eigenvalue weighted by molar-refractivity contribution is -0.169. The molecule has 0 aromatic carbocycles. The minimum Gasteiger partial charge on any atom is -0.459 e. The van der Waals surface area contributed by atoms with Gasteiger partial charge in [-0.15, -0.1) is 22.0 Å². The Labute approximate surface area is 148 Å². The lowest BCUT2D eigenvalue weighted by Gasteiger charge is -2.53. The Hall–Kier alpha value is -1.26. The van der Waals surface area contributed by atoms with Crippen molar-refractivity contribution in [3.05, 3.63) is 6.39 Å². The van der Waals surface area contributed by atoms with Gasteiger partial charge in [0.05, 0.1) is 0 Å². The van der Waals surface area contributed by atoms with E-state index in [9.17, 15) is 9.59 Å². The molecule has 24 heavy (non-hydrogen) atoms. The van der Waals surface area contributed by atoms with Crippen LogP contribution in [0.1, 0.15) is 20.8 Å². The van der Waals surface area contributed by atoms with Gasteiger partial charge in [0.15, 0.2) is 0 Å². The number of carbonyl (C=O) groups excluding carboxylic acids is 2. The standard InChI is InChI=1S/C14H20N4O4S2/c1-13(2,3)22-11(20)14(6-24-12-17-16-7-21-12)4-18-9(19)8(15)10(18)23-5-14/h7-8,10H,4-6,15H2,1-3H3/t8?,10-,14?/m1/s1. The van der Waals surface area contributed by atoms with Gasteiger partial charge in [-0.05, 0) is 20.8 Å². The van der Waals surface area contributed by atoms with E-state index in [1.54, 1.807) is 4.90 Å². The van der Waals surface area contributed by atoms with Crippen molar-refractivity contribution in [2.45, 2.75) is 43.0 Å². The number of β-lactam (4-membered cyclic amide) rings is 1. The fraction of sp³-hybridized carbons (Fsp3) is 0.714. The molecule has 3 atom stereocenters. The van der Waals surface area contributed by atoms with Crippen molar-refractivity contribution in [2.24, 2.45) is 11.1 Å². The maximum Gasteiger partial charge on any atom is 0.316 e. The third-order valence-electron chi connectivity index (χ3n) is 3.83. The average molecular weight is 372 g/mol. The third kappa shape index (κ3) is 3.27. The second kappa shape index (κ2) is 6.23. The molecule has 3 heterocycles. The number of aromatic nitrogens is 2. The molecular formula is C14H20N4O4S2. The highest BCUT2D eigenvalue weighted by Crippen LogP contribution is 2.44. The summed E-state index contributed by atoms with van der Waals surface area (Å²) in [7, 11) is 0. The smallest absolute Gasteiger partial charge is 0.316 e. The van der Waals surface area contributed by atoms with Crippen LogP contribution in [0.3, 0.4) is 0 Å². The van der Waals surface area contributed by atoms with Crippen LogP contribution < -0.4 is 5.73 Å². The van der Waals surface area contributed by atoms with Gasteiger partial charge < -0.3 is 19.8 Å². The fourth-order valence-corrected chi connectivity index (χ4v) is 5.15. The van der Waals surface area contributed by atoms with Gasteiger partial charge in [-0.25, -0.2) is 0 Å². The lowest BCUT2D eigenvalue weighted by Crippen LogP contribution is -2.72. The quantitative estimate of drug-likeness (QED) is 0.464. The van der Waals surface area contributed by atoms with Crippen molar-refractivity contribution in [1.82, 2.24) is 15.1 Å². The van der Waals surface area contributed by atoms with Crippen molar-refractivity contribution in [1.29, 1.82) is 0 Å². The molecule has 3 rings (SSSR count). The first-order valence-corrected chi connectivity index (χ1v) is 9.55. The number of thioether (sulfide) groups is 2. The topological polar surface area (TPSA) is 112 Å². The summed E-state index contributed by atoms with van der Waals surface area (Å²) in [6, 6.07) is -0.477. The number of fused-ring (bicyclic) bond motifs is 1. The number of esters is 1. The number of ether oxygens (including phenoxy) is 1. The predicted molar refractivity (Wildman–Crippen MR) is 89.2 cm³/mol. The molecule has 0 saturated carbocycles. The normalized spacial score (nSPS) is 29.8. The van der Waals surface area contributed by atoms with Crippen LogP contribution in [0, 0.1) is 5.41 Å². The summed E-state index contributed by atoms with van der Waals surface area (Å²) in [5, 5.41) is 7.79. The summed E-state index contributed by atoms with van der Waals surface area (Å²) in [5.41, 5.74) is 4.40. The molecule has 2 aliphatic heterocycles. The summed E-state index contributed by atoms with van der Waals surface area (Å²) in [5.74, 6) is 0.484. The van der Waals surface area contributed by atoms with Gasteiger partial charge >= 0.3 is 5.97 Å². The number of carbonyl (C=O) groups is 2. The van der Waals surface area contributed by atoms with Crippen molar-refractivity contribution >= 4 is 35.4 Å². The van der Waals surface area contributed by atoms with Crippen molar-refractivity contribution in [3.63, 3.8) is 0 Å². The SMILES string of the molecule is CC(C)(C)OC(=O)C1(CSc2nnco2)CS[C@@H]2C(N)C(=O)N2C1. The molecule has 2 N–H and O–H groups in total. The van der Waals surface area contributed by atoms with Crippen LogP contribution in [0.15, 0.2) is 16.0 Å². The molecule has 0 spiro atoms. The second-order valence-electron chi connectivity index (χ2n) is 6.97. The fourth-order valence-electron chi connectivity index (χ4n) is 2.61. The van der Waals surface area contributed by atoms with Gasteiger partial charge in [0.2, 0.25) is 12.3 Å². The van der Waals surface area contributed by atoms with Gasteiger partial charge in [-0.2, -0.15) is 0 Å². The first-order valence-electron chi connectivity index (χ1n) is 7.52. The molecule has 2 fully saturated rings. The second-order valence-corrected chi connectivity index (χ2v) is 9.00. The number of hydrogen-bond donors (Lipinski definition) is 1.